The Morgan fingerprint density at radius 3 is 2.32 bits per heavy atom. The summed E-state index contributed by atoms with van der Waals surface area (Å²) in [5.74, 6) is 3.44. The molecular formula is C30H50O. The molecule has 4 aliphatic carbocycles. The third-order valence-corrected chi connectivity index (χ3v) is 12.6. The van der Waals surface area contributed by atoms with Crippen molar-refractivity contribution in [1.82, 2.24) is 0 Å². The first-order valence-corrected chi connectivity index (χ1v) is 13.7. The molecule has 5 rings (SSSR count). The molecule has 5 aliphatic rings. The molecule has 9 atom stereocenters. The Morgan fingerprint density at radius 2 is 1.61 bits per heavy atom. The van der Waals surface area contributed by atoms with E-state index in [1.54, 1.807) is 0 Å². The summed E-state index contributed by atoms with van der Waals surface area (Å²) in [6.45, 7) is 20.2. The van der Waals surface area contributed by atoms with Crippen molar-refractivity contribution in [3.63, 3.8) is 0 Å². The molecule has 1 nitrogen and oxygen atoms in total. The Bertz CT molecular complexity index is 760. The van der Waals surface area contributed by atoms with Crippen LogP contribution in [0, 0.1) is 45.3 Å². The van der Waals surface area contributed by atoms with Crippen LogP contribution in [0.4, 0.5) is 0 Å². The van der Waals surface area contributed by atoms with Gasteiger partial charge in [0, 0.05) is 5.41 Å². The van der Waals surface area contributed by atoms with E-state index < -0.39 is 0 Å². The number of hydrogen-bond acceptors (Lipinski definition) is 1. The SMILES string of the molecule is CC(C)=CCCC1(C)OC2CC3C(CCC4C(C)(C)CCCC34C)C3(C)CCC1C23C. The van der Waals surface area contributed by atoms with Gasteiger partial charge in [0.05, 0.1) is 11.7 Å². The van der Waals surface area contributed by atoms with Crippen molar-refractivity contribution in [3.05, 3.63) is 11.6 Å². The van der Waals surface area contributed by atoms with E-state index in [1.807, 2.05) is 0 Å². The lowest BCUT2D eigenvalue weighted by Crippen LogP contribution is -2.62. The second kappa shape index (κ2) is 6.86. The van der Waals surface area contributed by atoms with Gasteiger partial charge in [-0.3, -0.25) is 0 Å². The smallest absolute Gasteiger partial charge is 0.0695 e. The van der Waals surface area contributed by atoms with Crippen molar-refractivity contribution >= 4 is 0 Å². The fourth-order valence-corrected chi connectivity index (χ4v) is 11.0. The van der Waals surface area contributed by atoms with E-state index in [-0.39, 0.29) is 5.60 Å². The van der Waals surface area contributed by atoms with Gasteiger partial charge in [0.1, 0.15) is 0 Å². The molecule has 31 heavy (non-hydrogen) atoms. The molecular weight excluding hydrogens is 376 g/mol. The van der Waals surface area contributed by atoms with Crippen molar-refractivity contribution in [2.24, 2.45) is 45.3 Å². The Morgan fingerprint density at radius 1 is 0.871 bits per heavy atom. The van der Waals surface area contributed by atoms with Gasteiger partial charge in [-0.25, -0.2) is 0 Å². The first-order chi connectivity index (χ1) is 14.4. The molecule has 0 radical (unpaired) electrons. The van der Waals surface area contributed by atoms with Gasteiger partial charge < -0.3 is 4.74 Å². The van der Waals surface area contributed by atoms with Crippen molar-refractivity contribution < 1.29 is 4.74 Å². The Kier molecular flexibility index (Phi) is 4.98. The first kappa shape index (κ1) is 22.5. The minimum absolute atomic E-state index is 0.0722. The van der Waals surface area contributed by atoms with E-state index in [0.29, 0.717) is 27.8 Å². The van der Waals surface area contributed by atoms with Gasteiger partial charge in [-0.1, -0.05) is 52.7 Å². The molecule has 4 saturated carbocycles. The van der Waals surface area contributed by atoms with Gasteiger partial charge in [0.15, 0.2) is 0 Å². The molecule has 1 heterocycles. The van der Waals surface area contributed by atoms with E-state index >= 15 is 0 Å². The van der Waals surface area contributed by atoms with Crippen LogP contribution >= 0.6 is 0 Å². The summed E-state index contributed by atoms with van der Waals surface area (Å²) in [6.07, 6.45) is 16.8. The summed E-state index contributed by atoms with van der Waals surface area (Å²) < 4.78 is 7.23. The highest BCUT2D eigenvalue weighted by Crippen LogP contribution is 2.78. The lowest BCUT2D eigenvalue weighted by Gasteiger charge is -2.67. The van der Waals surface area contributed by atoms with E-state index in [1.165, 1.54) is 69.8 Å². The number of allylic oxidation sites excluding steroid dienone is 2. The fraction of sp³-hybridized carbons (Fsp3) is 0.933. The maximum atomic E-state index is 7.23. The zero-order chi connectivity index (χ0) is 22.4. The molecule has 0 amide bonds. The van der Waals surface area contributed by atoms with Crippen molar-refractivity contribution in [3.8, 4) is 0 Å². The van der Waals surface area contributed by atoms with Crippen LogP contribution in [0.3, 0.4) is 0 Å². The van der Waals surface area contributed by atoms with Crippen LogP contribution in [0.15, 0.2) is 11.6 Å². The van der Waals surface area contributed by atoms with Crippen molar-refractivity contribution in [2.45, 2.75) is 131 Å². The number of rotatable bonds is 3. The molecule has 176 valence electrons. The summed E-state index contributed by atoms with van der Waals surface area (Å²) in [5, 5.41) is 0. The molecule has 0 bridgehead atoms. The maximum absolute atomic E-state index is 7.23. The molecule has 1 aliphatic heterocycles. The van der Waals surface area contributed by atoms with Crippen LogP contribution in [0.2, 0.25) is 0 Å². The van der Waals surface area contributed by atoms with E-state index in [9.17, 15) is 0 Å². The van der Waals surface area contributed by atoms with Gasteiger partial charge in [-0.05, 0) is 118 Å². The summed E-state index contributed by atoms with van der Waals surface area (Å²) in [5.41, 5.74) is 3.41. The number of hydrogen-bond donors (Lipinski definition) is 0. The predicted molar refractivity (Wildman–Crippen MR) is 131 cm³/mol. The zero-order valence-corrected chi connectivity index (χ0v) is 21.9. The highest BCUT2D eigenvalue weighted by atomic mass is 16.5. The Balaban J connectivity index is 1.50. The molecule has 1 saturated heterocycles. The quantitative estimate of drug-likeness (QED) is 0.411. The Labute approximate surface area is 193 Å². The average Bonchev–Trinajstić information content (AvgIpc) is 3.07. The maximum Gasteiger partial charge on any atom is 0.0695 e. The summed E-state index contributed by atoms with van der Waals surface area (Å²) in [6, 6.07) is 0. The van der Waals surface area contributed by atoms with Crippen LogP contribution in [0.1, 0.15) is 120 Å². The topological polar surface area (TPSA) is 9.23 Å². The zero-order valence-electron chi connectivity index (χ0n) is 21.9. The number of fused-ring (bicyclic) bond motifs is 4. The minimum atomic E-state index is 0.0722. The molecule has 0 aromatic rings. The molecule has 1 heteroatoms. The fourth-order valence-electron chi connectivity index (χ4n) is 11.0. The summed E-state index contributed by atoms with van der Waals surface area (Å²) in [7, 11) is 0. The first-order valence-electron chi connectivity index (χ1n) is 13.7. The van der Waals surface area contributed by atoms with Gasteiger partial charge in [0.25, 0.3) is 0 Å². The lowest BCUT2D eigenvalue weighted by atomic mass is 9.38. The van der Waals surface area contributed by atoms with Crippen LogP contribution in [-0.2, 0) is 4.74 Å². The second-order valence-electron chi connectivity index (χ2n) is 14.5. The molecule has 0 aromatic heterocycles. The molecule has 5 fully saturated rings. The Hall–Kier alpha value is -0.300. The highest BCUT2D eigenvalue weighted by molar-refractivity contribution is 5.23. The predicted octanol–water partition coefficient (Wildman–Crippen LogP) is 8.58. The molecule has 0 N–H and O–H groups in total. The third kappa shape index (κ3) is 2.83. The third-order valence-electron chi connectivity index (χ3n) is 12.6. The standard InChI is InChI=1S/C30H50O/c1-20(2)11-9-17-29(7)24-14-18-28(6)21-12-13-23-26(3,4)15-10-16-27(23,5)22(21)19-25(31-29)30(24,28)8/h11,21-25H,9-10,12-19H2,1-8H3. The van der Waals surface area contributed by atoms with E-state index in [2.05, 4.69) is 61.5 Å². The van der Waals surface area contributed by atoms with Gasteiger partial charge in [-0.15, -0.1) is 0 Å². The van der Waals surface area contributed by atoms with Gasteiger partial charge in [-0.2, -0.15) is 0 Å². The van der Waals surface area contributed by atoms with Gasteiger partial charge in [0.2, 0.25) is 0 Å². The molecule has 9 unspecified atom stereocenters. The van der Waals surface area contributed by atoms with E-state index in [0.717, 1.165) is 23.7 Å². The summed E-state index contributed by atoms with van der Waals surface area (Å²) in [4.78, 5) is 0. The minimum Gasteiger partial charge on any atom is -0.371 e. The average molecular weight is 427 g/mol. The van der Waals surface area contributed by atoms with Gasteiger partial charge >= 0.3 is 0 Å². The summed E-state index contributed by atoms with van der Waals surface area (Å²) >= 11 is 0. The van der Waals surface area contributed by atoms with E-state index in [4.69, 9.17) is 4.74 Å². The van der Waals surface area contributed by atoms with Crippen LogP contribution in [-0.4, -0.2) is 11.7 Å². The normalized spacial score (nSPS) is 54.6. The monoisotopic (exact) mass is 426 g/mol. The highest BCUT2D eigenvalue weighted by Gasteiger charge is 2.75. The van der Waals surface area contributed by atoms with Crippen LogP contribution in [0.5, 0.6) is 0 Å². The van der Waals surface area contributed by atoms with Crippen molar-refractivity contribution in [1.29, 1.82) is 0 Å². The van der Waals surface area contributed by atoms with Crippen LogP contribution in [0.25, 0.3) is 0 Å². The van der Waals surface area contributed by atoms with Crippen LogP contribution < -0.4 is 0 Å². The molecule has 0 spiro atoms. The largest absolute Gasteiger partial charge is 0.371 e. The second-order valence-corrected chi connectivity index (χ2v) is 14.5. The molecule has 0 aromatic carbocycles. The number of ether oxygens (including phenoxy) is 1. The lowest BCUT2D eigenvalue weighted by molar-refractivity contribution is -0.203. The van der Waals surface area contributed by atoms with Crippen molar-refractivity contribution in [2.75, 3.05) is 0 Å².